The van der Waals surface area contributed by atoms with Crippen molar-refractivity contribution in [3.8, 4) is 11.8 Å². The SMILES string of the molecule is Cc1ccc(C)c(-n2nc(C)c(CC#N)c2Cl)c1. The van der Waals surface area contributed by atoms with Crippen molar-refractivity contribution < 1.29 is 0 Å². The van der Waals surface area contributed by atoms with E-state index < -0.39 is 0 Å². The Morgan fingerprint density at radius 1 is 1.33 bits per heavy atom. The molecule has 4 heteroatoms. The second-order valence-electron chi connectivity index (χ2n) is 4.39. The molecule has 0 amide bonds. The highest BCUT2D eigenvalue weighted by Crippen LogP contribution is 2.26. The van der Waals surface area contributed by atoms with Crippen LogP contribution in [0.15, 0.2) is 18.2 Å². The van der Waals surface area contributed by atoms with Crippen LogP contribution in [0, 0.1) is 32.1 Å². The molecule has 1 aromatic heterocycles. The highest BCUT2D eigenvalue weighted by Gasteiger charge is 2.15. The zero-order chi connectivity index (χ0) is 13.3. The average Bonchev–Trinajstić information content (AvgIpc) is 2.61. The van der Waals surface area contributed by atoms with Gasteiger partial charge in [-0.3, -0.25) is 0 Å². The Balaban J connectivity index is 2.62. The summed E-state index contributed by atoms with van der Waals surface area (Å²) in [6.45, 7) is 5.93. The first kappa shape index (κ1) is 12.7. The highest BCUT2D eigenvalue weighted by molar-refractivity contribution is 6.30. The zero-order valence-electron chi connectivity index (χ0n) is 10.7. The second kappa shape index (κ2) is 4.83. The van der Waals surface area contributed by atoms with Gasteiger partial charge in [-0.2, -0.15) is 10.4 Å². The van der Waals surface area contributed by atoms with Crippen LogP contribution in [-0.2, 0) is 6.42 Å². The van der Waals surface area contributed by atoms with Gasteiger partial charge in [0.1, 0.15) is 5.15 Å². The summed E-state index contributed by atoms with van der Waals surface area (Å²) in [5.74, 6) is 0. The molecule has 1 aromatic carbocycles. The number of halogens is 1. The minimum Gasteiger partial charge on any atom is -0.221 e. The van der Waals surface area contributed by atoms with Crippen molar-refractivity contribution in [2.45, 2.75) is 27.2 Å². The van der Waals surface area contributed by atoms with Gasteiger partial charge in [-0.25, -0.2) is 4.68 Å². The van der Waals surface area contributed by atoms with E-state index in [-0.39, 0.29) is 6.42 Å². The van der Waals surface area contributed by atoms with Crippen LogP contribution in [0.3, 0.4) is 0 Å². The van der Waals surface area contributed by atoms with Gasteiger partial charge in [0.25, 0.3) is 0 Å². The summed E-state index contributed by atoms with van der Waals surface area (Å²) in [6.07, 6.45) is 0.287. The predicted octanol–water partition coefficient (Wildman–Crippen LogP) is 3.52. The summed E-state index contributed by atoms with van der Waals surface area (Å²) < 4.78 is 1.71. The molecule has 0 atom stereocenters. The average molecular weight is 260 g/mol. The first-order chi connectivity index (χ1) is 8.54. The molecule has 1 heterocycles. The van der Waals surface area contributed by atoms with Crippen LogP contribution < -0.4 is 0 Å². The molecule has 0 unspecified atom stereocenters. The third-order valence-electron chi connectivity index (χ3n) is 2.97. The maximum atomic E-state index is 8.80. The van der Waals surface area contributed by atoms with Gasteiger partial charge in [0.15, 0.2) is 0 Å². The Kier molecular flexibility index (Phi) is 3.40. The van der Waals surface area contributed by atoms with E-state index in [0.29, 0.717) is 5.15 Å². The molecule has 0 N–H and O–H groups in total. The van der Waals surface area contributed by atoms with Gasteiger partial charge in [0.05, 0.1) is 23.9 Å². The molecule has 0 aliphatic rings. The summed E-state index contributed by atoms with van der Waals surface area (Å²) >= 11 is 6.32. The fourth-order valence-corrected chi connectivity index (χ4v) is 2.25. The largest absolute Gasteiger partial charge is 0.221 e. The fourth-order valence-electron chi connectivity index (χ4n) is 1.92. The predicted molar refractivity (Wildman–Crippen MR) is 72.1 cm³/mol. The van der Waals surface area contributed by atoms with Crippen molar-refractivity contribution in [2.24, 2.45) is 0 Å². The molecule has 0 aliphatic heterocycles. The van der Waals surface area contributed by atoms with Crippen LogP contribution in [0.25, 0.3) is 5.69 Å². The standard InChI is InChI=1S/C14H14ClN3/c1-9-4-5-10(2)13(8-9)18-14(15)12(6-7-16)11(3)17-18/h4-5,8H,6H2,1-3H3. The van der Waals surface area contributed by atoms with E-state index in [2.05, 4.69) is 17.2 Å². The molecule has 2 aromatic rings. The van der Waals surface area contributed by atoms with Crippen molar-refractivity contribution in [3.63, 3.8) is 0 Å². The number of aryl methyl sites for hydroxylation is 3. The Morgan fingerprint density at radius 2 is 2.06 bits per heavy atom. The van der Waals surface area contributed by atoms with Crippen LogP contribution in [-0.4, -0.2) is 9.78 Å². The Bertz CT molecular complexity index is 635. The van der Waals surface area contributed by atoms with Crippen molar-refractivity contribution in [1.82, 2.24) is 9.78 Å². The molecule has 0 spiro atoms. The monoisotopic (exact) mass is 259 g/mol. The summed E-state index contributed by atoms with van der Waals surface area (Å²) in [5.41, 5.74) is 4.84. The van der Waals surface area contributed by atoms with Crippen LogP contribution in [0.5, 0.6) is 0 Å². The maximum Gasteiger partial charge on any atom is 0.137 e. The van der Waals surface area contributed by atoms with Gasteiger partial charge in [-0.05, 0) is 38.0 Å². The van der Waals surface area contributed by atoms with E-state index in [1.54, 1.807) is 4.68 Å². The number of nitriles is 1. The van der Waals surface area contributed by atoms with Crippen LogP contribution >= 0.6 is 11.6 Å². The lowest BCUT2D eigenvalue weighted by atomic mass is 10.1. The summed E-state index contributed by atoms with van der Waals surface area (Å²) in [6, 6.07) is 8.26. The molecular weight excluding hydrogens is 246 g/mol. The summed E-state index contributed by atoms with van der Waals surface area (Å²) in [4.78, 5) is 0. The number of benzene rings is 1. The van der Waals surface area contributed by atoms with Crippen molar-refractivity contribution in [2.75, 3.05) is 0 Å². The van der Waals surface area contributed by atoms with Crippen LogP contribution in [0.4, 0.5) is 0 Å². The lowest BCUT2D eigenvalue weighted by Crippen LogP contribution is -2.00. The van der Waals surface area contributed by atoms with Crippen molar-refractivity contribution in [3.05, 3.63) is 45.7 Å². The summed E-state index contributed by atoms with van der Waals surface area (Å²) in [5, 5.41) is 13.8. The molecule has 92 valence electrons. The first-order valence-corrected chi connectivity index (χ1v) is 6.11. The number of hydrogen-bond acceptors (Lipinski definition) is 2. The van der Waals surface area contributed by atoms with E-state index >= 15 is 0 Å². The lowest BCUT2D eigenvalue weighted by Gasteiger charge is -2.08. The lowest BCUT2D eigenvalue weighted by molar-refractivity contribution is 0.855. The molecule has 3 nitrogen and oxygen atoms in total. The van der Waals surface area contributed by atoms with Crippen LogP contribution in [0.2, 0.25) is 5.15 Å². The van der Waals surface area contributed by atoms with Crippen molar-refractivity contribution >= 4 is 11.6 Å². The molecule has 2 rings (SSSR count). The minimum atomic E-state index is 0.287. The molecule has 0 aliphatic carbocycles. The van der Waals surface area contributed by atoms with Crippen molar-refractivity contribution in [1.29, 1.82) is 5.26 Å². The van der Waals surface area contributed by atoms with E-state index in [1.807, 2.05) is 32.9 Å². The van der Waals surface area contributed by atoms with Gasteiger partial charge in [0, 0.05) is 5.56 Å². The molecular formula is C14H14ClN3. The quantitative estimate of drug-likeness (QED) is 0.828. The number of aromatic nitrogens is 2. The Hall–Kier alpha value is -1.79. The number of hydrogen-bond donors (Lipinski definition) is 0. The van der Waals surface area contributed by atoms with Crippen LogP contribution in [0.1, 0.15) is 22.4 Å². The number of rotatable bonds is 2. The summed E-state index contributed by atoms with van der Waals surface area (Å²) in [7, 11) is 0. The van der Waals surface area contributed by atoms with Gasteiger partial charge in [-0.1, -0.05) is 23.7 Å². The van der Waals surface area contributed by atoms with E-state index in [9.17, 15) is 0 Å². The smallest absolute Gasteiger partial charge is 0.137 e. The van der Waals surface area contributed by atoms with E-state index in [4.69, 9.17) is 16.9 Å². The Morgan fingerprint density at radius 3 is 2.72 bits per heavy atom. The Labute approximate surface area is 112 Å². The topological polar surface area (TPSA) is 41.6 Å². The normalized spacial score (nSPS) is 10.4. The molecule has 18 heavy (non-hydrogen) atoms. The first-order valence-electron chi connectivity index (χ1n) is 5.73. The zero-order valence-corrected chi connectivity index (χ0v) is 11.4. The molecule has 0 fully saturated rings. The second-order valence-corrected chi connectivity index (χ2v) is 4.75. The third kappa shape index (κ3) is 2.12. The van der Waals surface area contributed by atoms with Gasteiger partial charge in [-0.15, -0.1) is 0 Å². The maximum absolute atomic E-state index is 8.80. The molecule has 0 saturated heterocycles. The van der Waals surface area contributed by atoms with Gasteiger partial charge < -0.3 is 0 Å². The number of nitrogens with zero attached hydrogens (tertiary/aromatic N) is 3. The van der Waals surface area contributed by atoms with E-state index in [0.717, 1.165) is 28.1 Å². The fraction of sp³-hybridized carbons (Fsp3) is 0.286. The minimum absolute atomic E-state index is 0.287. The van der Waals surface area contributed by atoms with Gasteiger partial charge in [0.2, 0.25) is 0 Å². The third-order valence-corrected chi connectivity index (χ3v) is 3.36. The molecule has 0 saturated carbocycles. The highest BCUT2D eigenvalue weighted by atomic mass is 35.5. The van der Waals surface area contributed by atoms with E-state index in [1.165, 1.54) is 0 Å². The van der Waals surface area contributed by atoms with Gasteiger partial charge >= 0.3 is 0 Å². The molecule has 0 radical (unpaired) electrons. The molecule has 0 bridgehead atoms.